The van der Waals surface area contributed by atoms with E-state index in [-0.39, 0.29) is 0 Å². The van der Waals surface area contributed by atoms with Crippen LogP contribution in [0.4, 0.5) is 0 Å². The third-order valence-electron chi connectivity index (χ3n) is 0. The van der Waals surface area contributed by atoms with Crippen LogP contribution in [0.3, 0.4) is 0 Å². The Morgan fingerprint density at radius 2 is 0.625 bits per heavy atom. The highest BCUT2D eigenvalue weighted by molar-refractivity contribution is 5.63. The van der Waals surface area contributed by atoms with Crippen molar-refractivity contribution in [1.82, 2.24) is 0 Å². The molecule has 0 aliphatic rings. The summed E-state index contributed by atoms with van der Waals surface area (Å²) in [5.74, 6) is -2.50. The molecule has 3 N–H and O–H groups in total. The number of carboxylic acids is 3. The van der Waals surface area contributed by atoms with E-state index in [2.05, 4.69) is 13.8 Å². The Morgan fingerprint density at radius 1 is 0.625 bits per heavy atom. The van der Waals surface area contributed by atoms with Gasteiger partial charge in [-0.05, 0) is 0 Å². The van der Waals surface area contributed by atoms with Crippen molar-refractivity contribution in [3.63, 3.8) is 0 Å². The number of carbonyl (C=O) groups is 3. The molecule has 0 aliphatic carbocycles. The maximum atomic E-state index is 9.00. The Hall–Kier alpha value is -1.59. The van der Waals surface area contributed by atoms with Crippen LogP contribution in [0.2, 0.25) is 0 Å². The lowest BCUT2D eigenvalue weighted by Gasteiger charge is -1.59. The first-order valence-electron chi connectivity index (χ1n) is 4.20. The molecule has 0 saturated heterocycles. The lowest BCUT2D eigenvalue weighted by molar-refractivity contribution is -0.135. The summed E-state index contributed by atoms with van der Waals surface area (Å²) in [6.07, 6.45) is 0. The van der Waals surface area contributed by atoms with Gasteiger partial charge < -0.3 is 15.3 Å². The van der Waals surface area contributed by atoms with Gasteiger partial charge in [-0.1, -0.05) is 27.7 Å². The average molecular weight is 238 g/mol. The standard InChI is InChI=1S/3C2H4O2.2C2H5/c3*1-2(3)4;2*1-2/h3*1H3,(H,3,4);2*1H2,2H3. The molecule has 0 saturated carbocycles. The Morgan fingerprint density at radius 3 is 0.625 bits per heavy atom. The minimum absolute atomic E-state index is 0.833. The number of rotatable bonds is 0. The van der Waals surface area contributed by atoms with Gasteiger partial charge in [0.05, 0.1) is 0 Å². The molecule has 0 amide bonds. The van der Waals surface area contributed by atoms with E-state index in [0.717, 1.165) is 20.8 Å². The summed E-state index contributed by atoms with van der Waals surface area (Å²) in [6.45, 7) is 13.2. The highest BCUT2D eigenvalue weighted by atomic mass is 16.4. The van der Waals surface area contributed by atoms with Crippen molar-refractivity contribution >= 4 is 17.9 Å². The molecule has 0 aliphatic heterocycles. The minimum Gasteiger partial charge on any atom is -0.481 e. The van der Waals surface area contributed by atoms with Crippen molar-refractivity contribution in [2.45, 2.75) is 34.6 Å². The Kier molecular flexibility index (Phi) is 68.8. The van der Waals surface area contributed by atoms with Crippen LogP contribution in [-0.4, -0.2) is 33.2 Å². The maximum absolute atomic E-state index is 9.00. The van der Waals surface area contributed by atoms with Gasteiger partial charge in [0.25, 0.3) is 17.9 Å². The molecule has 0 heterocycles. The SMILES string of the molecule is CC(=O)O.CC(=O)O.CC(=O)O.[CH2]C.[CH2]C. The van der Waals surface area contributed by atoms with Gasteiger partial charge in [-0.2, -0.15) is 0 Å². The van der Waals surface area contributed by atoms with Crippen LogP contribution in [0.5, 0.6) is 0 Å². The number of carboxylic acid groups (broad SMARTS) is 3. The van der Waals surface area contributed by atoms with Gasteiger partial charge >= 0.3 is 0 Å². The molecular formula is C10H22O6. The van der Waals surface area contributed by atoms with Gasteiger partial charge in [0.15, 0.2) is 0 Å². The highest BCUT2D eigenvalue weighted by Gasteiger charge is 1.66. The van der Waals surface area contributed by atoms with Crippen LogP contribution in [0.1, 0.15) is 34.6 Å². The molecule has 0 aromatic heterocycles. The van der Waals surface area contributed by atoms with E-state index < -0.39 is 17.9 Å². The molecule has 16 heavy (non-hydrogen) atoms. The fourth-order valence-corrected chi connectivity index (χ4v) is 0. The first-order valence-corrected chi connectivity index (χ1v) is 4.20. The van der Waals surface area contributed by atoms with Crippen LogP contribution >= 0.6 is 0 Å². The molecule has 0 atom stereocenters. The first kappa shape index (κ1) is 29.3. The van der Waals surface area contributed by atoms with Crippen molar-refractivity contribution in [3.05, 3.63) is 13.8 Å². The van der Waals surface area contributed by atoms with Gasteiger partial charge in [0, 0.05) is 20.8 Å². The van der Waals surface area contributed by atoms with E-state index in [1.165, 1.54) is 0 Å². The van der Waals surface area contributed by atoms with Gasteiger partial charge in [-0.15, -0.1) is 0 Å². The van der Waals surface area contributed by atoms with Crippen LogP contribution in [0.15, 0.2) is 0 Å². The fourth-order valence-electron chi connectivity index (χ4n) is 0. The summed E-state index contributed by atoms with van der Waals surface area (Å²) in [6, 6.07) is 0. The van der Waals surface area contributed by atoms with Gasteiger partial charge in [0.2, 0.25) is 0 Å². The lowest BCUT2D eigenvalue weighted by Crippen LogP contribution is -1.78. The summed E-state index contributed by atoms with van der Waals surface area (Å²) in [5, 5.41) is 22.2. The van der Waals surface area contributed by atoms with E-state index in [0.29, 0.717) is 0 Å². The molecule has 0 unspecified atom stereocenters. The normalized spacial score (nSPS) is 5.44. The molecule has 0 aromatic carbocycles. The summed E-state index contributed by atoms with van der Waals surface area (Å²) < 4.78 is 0. The third-order valence-corrected chi connectivity index (χ3v) is 0. The third kappa shape index (κ3) is 639. The second kappa shape index (κ2) is 37.6. The number of hydrogen-bond acceptors (Lipinski definition) is 3. The molecular weight excluding hydrogens is 216 g/mol. The van der Waals surface area contributed by atoms with E-state index >= 15 is 0 Å². The summed E-state index contributed by atoms with van der Waals surface area (Å²) in [4.78, 5) is 27.0. The predicted molar refractivity (Wildman–Crippen MR) is 62.0 cm³/mol. The van der Waals surface area contributed by atoms with E-state index in [1.807, 2.05) is 0 Å². The van der Waals surface area contributed by atoms with E-state index in [4.69, 9.17) is 29.7 Å². The molecule has 98 valence electrons. The van der Waals surface area contributed by atoms with Crippen molar-refractivity contribution in [2.75, 3.05) is 0 Å². The highest BCUT2D eigenvalue weighted by Crippen LogP contribution is 1.42. The van der Waals surface area contributed by atoms with Gasteiger partial charge in [0.1, 0.15) is 0 Å². The molecule has 0 fully saturated rings. The topological polar surface area (TPSA) is 112 Å². The lowest BCUT2D eigenvalue weighted by atomic mass is 10.9. The van der Waals surface area contributed by atoms with Gasteiger partial charge in [-0.3, -0.25) is 14.4 Å². The van der Waals surface area contributed by atoms with Crippen LogP contribution in [0, 0.1) is 13.8 Å². The van der Waals surface area contributed by atoms with E-state index in [1.54, 1.807) is 13.8 Å². The van der Waals surface area contributed by atoms with Crippen LogP contribution < -0.4 is 0 Å². The van der Waals surface area contributed by atoms with Gasteiger partial charge in [-0.25, -0.2) is 0 Å². The van der Waals surface area contributed by atoms with Crippen LogP contribution in [-0.2, 0) is 14.4 Å². The number of hydrogen-bond donors (Lipinski definition) is 3. The monoisotopic (exact) mass is 238 g/mol. The van der Waals surface area contributed by atoms with Crippen molar-refractivity contribution in [1.29, 1.82) is 0 Å². The Bertz CT molecular complexity index is 113. The molecule has 2 radical (unpaired) electrons. The second-order valence-corrected chi connectivity index (χ2v) is 1.56. The smallest absolute Gasteiger partial charge is 0.300 e. The molecule has 0 bridgehead atoms. The molecule has 0 aromatic rings. The summed E-state index contributed by atoms with van der Waals surface area (Å²) >= 11 is 0. The quantitative estimate of drug-likeness (QED) is 0.594. The second-order valence-electron chi connectivity index (χ2n) is 1.56. The molecule has 0 rings (SSSR count). The van der Waals surface area contributed by atoms with Crippen LogP contribution in [0.25, 0.3) is 0 Å². The summed E-state index contributed by atoms with van der Waals surface area (Å²) in [5.41, 5.74) is 0. The fraction of sp³-hybridized carbons (Fsp3) is 0.500. The average Bonchev–Trinajstić information content (AvgIpc) is 2.07. The van der Waals surface area contributed by atoms with Crippen molar-refractivity contribution in [2.24, 2.45) is 0 Å². The Balaban J connectivity index is -0.0000000327. The number of aliphatic carboxylic acids is 3. The molecule has 0 spiro atoms. The largest absolute Gasteiger partial charge is 0.481 e. The van der Waals surface area contributed by atoms with E-state index in [9.17, 15) is 0 Å². The molecule has 6 heteroatoms. The zero-order valence-electron chi connectivity index (χ0n) is 10.5. The Labute approximate surface area is 96.9 Å². The first-order chi connectivity index (χ1) is 7.20. The summed E-state index contributed by atoms with van der Waals surface area (Å²) in [7, 11) is 0. The predicted octanol–water partition coefficient (Wildman–Crippen LogP) is 1.95. The van der Waals surface area contributed by atoms with Crippen molar-refractivity contribution < 1.29 is 29.7 Å². The maximum Gasteiger partial charge on any atom is 0.300 e. The zero-order chi connectivity index (χ0) is 14.7. The van der Waals surface area contributed by atoms with Crippen molar-refractivity contribution in [3.8, 4) is 0 Å². The zero-order valence-corrected chi connectivity index (χ0v) is 10.5. The minimum atomic E-state index is -0.833. The molecule has 6 nitrogen and oxygen atoms in total.